The summed E-state index contributed by atoms with van der Waals surface area (Å²) in [5.41, 5.74) is 2.78. The molecule has 3 heterocycles. The number of hydrogen-bond donors (Lipinski definition) is 0. The third-order valence-corrected chi connectivity index (χ3v) is 4.87. The smallest absolute Gasteiger partial charge is 0.181 e. The Hall–Kier alpha value is -0.170. The third kappa shape index (κ3) is 2.31. The fourth-order valence-electron chi connectivity index (χ4n) is 1.70. The van der Waals surface area contributed by atoms with Crippen molar-refractivity contribution in [3.8, 4) is 11.5 Å². The summed E-state index contributed by atoms with van der Waals surface area (Å²) in [6.07, 6.45) is 1.72. The van der Waals surface area contributed by atoms with Crippen LogP contribution in [0.3, 0.4) is 0 Å². The number of thioether (sulfide) groups is 1. The number of pyridine rings is 1. The summed E-state index contributed by atoms with van der Waals surface area (Å²) < 4.78 is 1.75. The van der Waals surface area contributed by atoms with E-state index in [2.05, 4.69) is 46.8 Å². The van der Waals surface area contributed by atoms with Crippen molar-refractivity contribution >= 4 is 55.2 Å². The second kappa shape index (κ2) is 5.07. The lowest BCUT2D eigenvalue weighted by Gasteiger charge is -2.06. The third-order valence-electron chi connectivity index (χ3n) is 2.55. The van der Waals surface area contributed by atoms with Crippen LogP contribution in [0.25, 0.3) is 11.5 Å². The van der Waals surface area contributed by atoms with Gasteiger partial charge in [0.1, 0.15) is 10.8 Å². The van der Waals surface area contributed by atoms with Gasteiger partial charge in [0.25, 0.3) is 0 Å². The minimum atomic E-state index is 0.539. The van der Waals surface area contributed by atoms with Gasteiger partial charge in [-0.3, -0.25) is 4.98 Å². The quantitative estimate of drug-likeness (QED) is 0.654. The molecule has 3 nitrogen and oxygen atoms in total. The van der Waals surface area contributed by atoms with E-state index in [1.807, 2.05) is 6.07 Å². The number of fused-ring (bicyclic) bond motifs is 1. The van der Waals surface area contributed by atoms with E-state index in [0.717, 1.165) is 31.7 Å². The van der Waals surface area contributed by atoms with Crippen LogP contribution in [0, 0.1) is 0 Å². The summed E-state index contributed by atoms with van der Waals surface area (Å²) in [6, 6.07) is 1.92. The van der Waals surface area contributed by atoms with Gasteiger partial charge in [0, 0.05) is 32.2 Å². The molecule has 0 saturated carbocycles. The van der Waals surface area contributed by atoms with Crippen molar-refractivity contribution < 1.29 is 0 Å². The van der Waals surface area contributed by atoms with E-state index in [-0.39, 0.29) is 0 Å². The van der Waals surface area contributed by atoms with Crippen molar-refractivity contribution in [3.05, 3.63) is 37.6 Å². The fourth-order valence-corrected chi connectivity index (χ4v) is 4.24. The maximum Gasteiger partial charge on any atom is 0.181 e. The van der Waals surface area contributed by atoms with Gasteiger partial charge >= 0.3 is 0 Å². The van der Waals surface area contributed by atoms with Gasteiger partial charge in [-0.05, 0) is 37.9 Å². The molecule has 0 amide bonds. The molecule has 0 spiro atoms. The van der Waals surface area contributed by atoms with Crippen molar-refractivity contribution in [1.29, 1.82) is 0 Å². The van der Waals surface area contributed by atoms with Crippen LogP contribution in [0.1, 0.15) is 11.3 Å². The summed E-state index contributed by atoms with van der Waals surface area (Å²) in [5.74, 6) is 2.35. The van der Waals surface area contributed by atoms with Crippen LogP contribution in [0.4, 0.5) is 0 Å². The van der Waals surface area contributed by atoms with E-state index < -0.39 is 0 Å². The zero-order valence-electron chi connectivity index (χ0n) is 8.95. The number of halogens is 3. The molecule has 0 unspecified atom stereocenters. The number of aromatic nitrogens is 3. The lowest BCUT2D eigenvalue weighted by atomic mass is 10.2. The minimum Gasteiger partial charge on any atom is -0.251 e. The van der Waals surface area contributed by atoms with Gasteiger partial charge in [-0.15, -0.1) is 0 Å². The van der Waals surface area contributed by atoms with Gasteiger partial charge < -0.3 is 0 Å². The molecular formula is C11H6Br2ClN3S. The molecule has 3 rings (SSSR count). The van der Waals surface area contributed by atoms with Crippen molar-refractivity contribution in [2.24, 2.45) is 0 Å². The summed E-state index contributed by atoms with van der Waals surface area (Å²) in [7, 11) is 0. The highest BCUT2D eigenvalue weighted by Gasteiger charge is 2.20. The van der Waals surface area contributed by atoms with E-state index in [0.29, 0.717) is 16.7 Å². The highest BCUT2D eigenvalue weighted by Crippen LogP contribution is 2.35. The Balaban J connectivity index is 2.15. The SMILES string of the molecule is Clc1nc(-c2ncc(Br)cc2Br)nc2c1CSC2. The molecule has 2 aromatic rings. The molecule has 2 aromatic heterocycles. The zero-order valence-corrected chi connectivity index (χ0v) is 13.7. The van der Waals surface area contributed by atoms with Crippen LogP contribution < -0.4 is 0 Å². The second-order valence-corrected chi connectivity index (χ2v) is 6.85. The Labute approximate surface area is 130 Å². The largest absolute Gasteiger partial charge is 0.251 e. The molecule has 0 fully saturated rings. The van der Waals surface area contributed by atoms with Crippen molar-refractivity contribution in [2.45, 2.75) is 11.5 Å². The van der Waals surface area contributed by atoms with Gasteiger partial charge in [-0.2, -0.15) is 11.8 Å². The van der Waals surface area contributed by atoms with E-state index in [1.165, 1.54) is 0 Å². The molecule has 0 atom stereocenters. The fraction of sp³-hybridized carbons (Fsp3) is 0.182. The Morgan fingerprint density at radius 3 is 2.83 bits per heavy atom. The van der Waals surface area contributed by atoms with Crippen LogP contribution >= 0.6 is 55.2 Å². The standard InChI is InChI=1S/C11H6Br2ClN3S/c12-5-1-7(13)9(15-2-5)11-16-8-4-18-3-6(8)10(14)17-11/h1-2H,3-4H2. The van der Waals surface area contributed by atoms with E-state index >= 15 is 0 Å². The van der Waals surface area contributed by atoms with Crippen LogP contribution in [-0.2, 0) is 11.5 Å². The molecule has 0 aromatic carbocycles. The van der Waals surface area contributed by atoms with E-state index in [1.54, 1.807) is 18.0 Å². The van der Waals surface area contributed by atoms with E-state index in [4.69, 9.17) is 11.6 Å². The molecule has 0 N–H and O–H groups in total. The average Bonchev–Trinajstić information content (AvgIpc) is 2.77. The van der Waals surface area contributed by atoms with Gasteiger partial charge in [0.15, 0.2) is 5.82 Å². The van der Waals surface area contributed by atoms with Gasteiger partial charge in [-0.1, -0.05) is 11.6 Å². The highest BCUT2D eigenvalue weighted by atomic mass is 79.9. The molecule has 0 saturated heterocycles. The summed E-state index contributed by atoms with van der Waals surface area (Å²) >= 11 is 14.8. The number of nitrogens with zero attached hydrogens (tertiary/aromatic N) is 3. The first-order valence-corrected chi connectivity index (χ1v) is 8.21. The first-order chi connectivity index (χ1) is 8.65. The Morgan fingerprint density at radius 1 is 1.22 bits per heavy atom. The van der Waals surface area contributed by atoms with Crippen LogP contribution in [0.5, 0.6) is 0 Å². The van der Waals surface area contributed by atoms with Crippen LogP contribution in [-0.4, -0.2) is 15.0 Å². The van der Waals surface area contributed by atoms with Crippen molar-refractivity contribution in [1.82, 2.24) is 15.0 Å². The molecule has 0 radical (unpaired) electrons. The predicted octanol–water partition coefficient (Wildman–Crippen LogP) is 4.46. The highest BCUT2D eigenvalue weighted by molar-refractivity contribution is 9.11. The maximum absolute atomic E-state index is 6.19. The summed E-state index contributed by atoms with van der Waals surface area (Å²) in [5, 5.41) is 0.539. The summed E-state index contributed by atoms with van der Waals surface area (Å²) in [6.45, 7) is 0. The molecule has 1 aliphatic heterocycles. The molecule has 7 heteroatoms. The van der Waals surface area contributed by atoms with Crippen molar-refractivity contribution in [3.63, 3.8) is 0 Å². The van der Waals surface area contributed by atoms with Crippen LogP contribution in [0.2, 0.25) is 5.15 Å². The Morgan fingerprint density at radius 2 is 2.06 bits per heavy atom. The van der Waals surface area contributed by atoms with Crippen LogP contribution in [0.15, 0.2) is 21.2 Å². The lowest BCUT2D eigenvalue weighted by Crippen LogP contribution is -1.99. The van der Waals surface area contributed by atoms with E-state index in [9.17, 15) is 0 Å². The lowest BCUT2D eigenvalue weighted by molar-refractivity contribution is 1.05. The molecule has 0 bridgehead atoms. The zero-order chi connectivity index (χ0) is 12.7. The molecule has 0 aliphatic carbocycles. The Kier molecular flexibility index (Phi) is 3.62. The van der Waals surface area contributed by atoms with Gasteiger partial charge in [0.05, 0.1) is 5.69 Å². The Bertz CT molecular complexity index is 636. The average molecular weight is 408 g/mol. The topological polar surface area (TPSA) is 38.7 Å². The first kappa shape index (κ1) is 12.8. The molecule has 92 valence electrons. The molecule has 1 aliphatic rings. The number of rotatable bonds is 1. The maximum atomic E-state index is 6.19. The second-order valence-electron chi connectivity index (χ2n) is 3.74. The normalized spacial score (nSPS) is 13.7. The molecule has 18 heavy (non-hydrogen) atoms. The minimum absolute atomic E-state index is 0.539. The first-order valence-electron chi connectivity index (χ1n) is 5.09. The monoisotopic (exact) mass is 405 g/mol. The van der Waals surface area contributed by atoms with Gasteiger partial charge in [-0.25, -0.2) is 9.97 Å². The number of hydrogen-bond acceptors (Lipinski definition) is 4. The molecular weight excluding hydrogens is 401 g/mol. The predicted molar refractivity (Wildman–Crippen MR) is 80.7 cm³/mol. The summed E-state index contributed by atoms with van der Waals surface area (Å²) in [4.78, 5) is 13.2. The van der Waals surface area contributed by atoms with Crippen molar-refractivity contribution in [2.75, 3.05) is 0 Å². The van der Waals surface area contributed by atoms with Gasteiger partial charge in [0.2, 0.25) is 0 Å².